The van der Waals surface area contributed by atoms with Gasteiger partial charge < -0.3 is 69.4 Å². The van der Waals surface area contributed by atoms with Gasteiger partial charge in [0, 0.05) is 124 Å². The zero-order chi connectivity index (χ0) is 72.2. The van der Waals surface area contributed by atoms with Crippen LogP contribution in [0.15, 0.2) is 54.8 Å². The number of aromatic nitrogens is 2. The lowest BCUT2D eigenvalue weighted by Gasteiger charge is -2.33. The van der Waals surface area contributed by atoms with Crippen LogP contribution in [0.2, 0.25) is 0 Å². The number of hydrogen-bond acceptors (Lipinski definition) is 20. The first-order chi connectivity index (χ1) is 47.5. The largest absolute Gasteiger partial charge is 0.512 e. The van der Waals surface area contributed by atoms with Crippen molar-refractivity contribution in [2.75, 3.05) is 186 Å². The molecule has 5 rings (SSSR count). The van der Waals surface area contributed by atoms with Gasteiger partial charge in [0.05, 0.1) is 89.5 Å². The molecule has 0 unspecified atom stereocenters. The summed E-state index contributed by atoms with van der Waals surface area (Å²) in [6.45, 7) is 16.1. The summed E-state index contributed by atoms with van der Waals surface area (Å²) in [6.07, 6.45) is 8.41. The van der Waals surface area contributed by atoms with Crippen LogP contribution in [0.4, 0.5) is 0 Å². The van der Waals surface area contributed by atoms with Crippen LogP contribution in [0.3, 0.4) is 0 Å². The van der Waals surface area contributed by atoms with Crippen molar-refractivity contribution in [2.45, 2.75) is 109 Å². The number of amides is 4. The van der Waals surface area contributed by atoms with Crippen LogP contribution in [0.25, 0.3) is 16.9 Å². The Bertz CT molecular complexity index is 2990. The van der Waals surface area contributed by atoms with Crippen molar-refractivity contribution in [2.24, 2.45) is 5.92 Å². The molecule has 28 nitrogen and oxygen atoms in total. The van der Waals surface area contributed by atoms with Crippen LogP contribution in [0.1, 0.15) is 130 Å². The fourth-order valence-corrected chi connectivity index (χ4v) is 12.2. The number of ether oxygens (including phenoxy) is 5. The zero-order valence-electron chi connectivity index (χ0n) is 59.6. The van der Waals surface area contributed by atoms with Gasteiger partial charge in [0.2, 0.25) is 11.8 Å². The third kappa shape index (κ3) is 29.7. The lowest BCUT2D eigenvalue weighted by molar-refractivity contribution is -0.141. The second-order valence-corrected chi connectivity index (χ2v) is 26.0. The van der Waals surface area contributed by atoms with Crippen molar-refractivity contribution in [1.29, 1.82) is 0 Å². The number of rotatable bonds is 44. The van der Waals surface area contributed by atoms with Gasteiger partial charge in [-0.15, -0.1) is 0 Å². The predicted octanol–water partition coefficient (Wildman–Crippen LogP) is 5.22. The molecule has 28 heteroatoms. The Balaban J connectivity index is 0.918. The molecule has 2 aromatic carbocycles. The van der Waals surface area contributed by atoms with Gasteiger partial charge in [-0.1, -0.05) is 45.8 Å². The van der Waals surface area contributed by atoms with E-state index in [9.17, 15) is 58.8 Å². The molecule has 0 spiro atoms. The maximum Gasteiger partial charge on any atom is 0.326 e. The van der Waals surface area contributed by atoms with E-state index < -0.39 is 29.9 Å². The lowest BCUT2D eigenvalue weighted by Crippen LogP contribution is -2.49. The highest BCUT2D eigenvalue weighted by molar-refractivity contribution is 5.97. The summed E-state index contributed by atoms with van der Waals surface area (Å²) < 4.78 is 30.2. The molecule has 552 valence electrons. The van der Waals surface area contributed by atoms with E-state index in [1.54, 1.807) is 82.9 Å². The summed E-state index contributed by atoms with van der Waals surface area (Å²) in [5, 5.41) is 49.6. The number of aliphatic hydroxyl groups is 1. The van der Waals surface area contributed by atoms with Crippen molar-refractivity contribution in [1.82, 2.24) is 54.7 Å². The van der Waals surface area contributed by atoms with Crippen molar-refractivity contribution in [3.8, 4) is 28.4 Å². The molecule has 6 N–H and O–H groups in total. The molecule has 2 aliphatic rings. The van der Waals surface area contributed by atoms with E-state index in [-0.39, 0.29) is 85.8 Å². The SMILES string of the molecule is C=C(O)CN1CCN(CC(=O)O)CCN(CC(=O)O)CCN(CC(=O)NCCCOCCOCCOCCCCC(=O)CCC(=O)N(C)CCCN(C)CCCN(C)C(=O)c2ccc(-n3nc(C(=O)N[C@H](C(=O)O)C4CCCCC4)cc3-c3c(OC)cccc3OC)c(C(C)C)c2)CC1. The molecular formula is C71H111N11O17. The van der Waals surface area contributed by atoms with E-state index >= 15 is 0 Å². The van der Waals surface area contributed by atoms with Gasteiger partial charge in [0.1, 0.15) is 23.3 Å². The molecule has 2 heterocycles. The standard InChI is InChI=1S/C71H111N11O17/c1-52(2)57-46-55(23-25-59(57)82-60(67-61(95-7)21-14-22-62(67)96-8)47-58(74-82)69(91)73-68(71(93)94)54-18-10-9-11-19-54)70(92)77(6)31-17-29-75(4)28-16-30-76(5)64(86)26-24-56(84)20-12-13-40-97-42-44-99-45-43-98-41-15-27-72-63(85)49-79-34-32-78(48-53(3)83)33-36-80(50-65(87)88)38-39-81(37-35-79)51-66(89)90/h14,21-23,25,46-47,52,54,68,83H,3,9-13,15-20,24,26-45,48-51H2,1-2,4-8H3,(H,72,85)(H,73,91)(H,87,88)(H,89,90)(H,93,94)/t68-/m0/s1. The van der Waals surface area contributed by atoms with Crippen LogP contribution in [-0.4, -0.2) is 304 Å². The number of carboxylic acids is 3. The van der Waals surface area contributed by atoms with Gasteiger partial charge in [0.25, 0.3) is 11.8 Å². The van der Waals surface area contributed by atoms with E-state index in [0.717, 1.165) is 44.3 Å². The molecule has 3 aromatic rings. The molecular weight excluding hydrogens is 1280 g/mol. The highest BCUT2D eigenvalue weighted by Gasteiger charge is 2.33. The third-order valence-electron chi connectivity index (χ3n) is 17.8. The number of methoxy groups -OCH3 is 2. The maximum atomic E-state index is 14.0. The Morgan fingerprint density at radius 2 is 1.15 bits per heavy atom. The molecule has 4 amide bonds. The topological polar surface area (TPSA) is 328 Å². The Kier molecular flexibility index (Phi) is 36.9. The Morgan fingerprint density at radius 3 is 1.69 bits per heavy atom. The van der Waals surface area contributed by atoms with Crippen LogP contribution in [0, 0.1) is 5.92 Å². The van der Waals surface area contributed by atoms with E-state index in [4.69, 9.17) is 28.8 Å². The molecule has 1 atom stereocenters. The first-order valence-electron chi connectivity index (χ1n) is 34.9. The monoisotopic (exact) mass is 1390 g/mol. The number of carbonyl (C=O) groups excluding carboxylic acids is 5. The lowest BCUT2D eigenvalue weighted by atomic mass is 9.84. The number of ketones is 1. The number of nitrogens with one attached hydrogen (secondary N) is 2. The van der Waals surface area contributed by atoms with Gasteiger partial charge in [0.15, 0.2) is 5.69 Å². The molecule has 2 fully saturated rings. The summed E-state index contributed by atoms with van der Waals surface area (Å²) in [6, 6.07) is 11.3. The summed E-state index contributed by atoms with van der Waals surface area (Å²) in [5.74, 6) is -3.40. The average molecular weight is 1390 g/mol. The van der Waals surface area contributed by atoms with Crippen molar-refractivity contribution in [3.63, 3.8) is 0 Å². The molecule has 0 radical (unpaired) electrons. The number of hydrogen-bond donors (Lipinski definition) is 6. The highest BCUT2D eigenvalue weighted by atomic mass is 16.5. The van der Waals surface area contributed by atoms with Gasteiger partial charge in [-0.25, -0.2) is 9.48 Å². The molecule has 1 saturated heterocycles. The summed E-state index contributed by atoms with van der Waals surface area (Å²) in [5.41, 5.74) is 2.94. The first-order valence-corrected chi connectivity index (χ1v) is 34.9. The number of nitrogens with zero attached hydrogens (tertiary/aromatic N) is 9. The second kappa shape index (κ2) is 44.5. The quantitative estimate of drug-likeness (QED) is 0.0312. The van der Waals surface area contributed by atoms with Crippen LogP contribution in [0.5, 0.6) is 11.5 Å². The number of carbonyl (C=O) groups is 8. The summed E-state index contributed by atoms with van der Waals surface area (Å²) >= 11 is 0. The van der Waals surface area contributed by atoms with Crippen LogP contribution in [-0.2, 0) is 43.0 Å². The van der Waals surface area contributed by atoms with Crippen molar-refractivity contribution >= 4 is 47.3 Å². The minimum atomic E-state index is -1.08. The summed E-state index contributed by atoms with van der Waals surface area (Å²) in [4.78, 5) is 115. The smallest absolute Gasteiger partial charge is 0.326 e. The minimum absolute atomic E-state index is 0.0175. The number of aliphatic hydroxyl groups excluding tert-OH is 1. The Morgan fingerprint density at radius 1 is 0.616 bits per heavy atom. The van der Waals surface area contributed by atoms with E-state index in [2.05, 4.69) is 22.1 Å². The minimum Gasteiger partial charge on any atom is -0.512 e. The molecule has 1 saturated carbocycles. The predicted molar refractivity (Wildman–Crippen MR) is 374 cm³/mol. The van der Waals surface area contributed by atoms with E-state index in [1.165, 1.54) is 0 Å². The molecule has 1 aromatic heterocycles. The van der Waals surface area contributed by atoms with Crippen molar-refractivity contribution in [3.05, 3.63) is 71.6 Å². The molecule has 99 heavy (non-hydrogen) atoms. The highest BCUT2D eigenvalue weighted by Crippen LogP contribution is 2.41. The second-order valence-electron chi connectivity index (χ2n) is 26.0. The Labute approximate surface area is 583 Å². The molecule has 1 aliphatic heterocycles. The van der Waals surface area contributed by atoms with E-state index in [1.807, 2.05) is 42.8 Å². The van der Waals surface area contributed by atoms with Gasteiger partial charge in [-0.05, 0) is 119 Å². The van der Waals surface area contributed by atoms with Crippen LogP contribution >= 0.6 is 0 Å². The zero-order valence-corrected chi connectivity index (χ0v) is 59.6. The third-order valence-corrected chi connectivity index (χ3v) is 17.8. The molecule has 1 aliphatic carbocycles. The number of aliphatic carboxylic acids is 3. The normalized spacial score (nSPS) is 15.2. The Hall–Kier alpha value is -7.57. The number of unbranched alkanes of at least 4 members (excludes halogenated alkanes) is 1. The fourth-order valence-electron chi connectivity index (χ4n) is 12.2. The first kappa shape index (κ1) is 82.1. The van der Waals surface area contributed by atoms with Gasteiger partial charge in [-0.2, -0.15) is 5.10 Å². The van der Waals surface area contributed by atoms with Gasteiger partial charge in [-0.3, -0.25) is 53.2 Å². The number of Topliss-reactive ketones (excluding diaryl/α,β-unsaturated/α-hetero) is 1. The van der Waals surface area contributed by atoms with Crippen LogP contribution < -0.4 is 20.1 Å². The maximum absolute atomic E-state index is 14.0. The van der Waals surface area contributed by atoms with Gasteiger partial charge >= 0.3 is 17.9 Å². The average Bonchev–Trinajstić information content (AvgIpc) is 1.66. The number of carboxylic acid groups (broad SMARTS) is 3. The summed E-state index contributed by atoms with van der Waals surface area (Å²) in [7, 11) is 8.62. The fraction of sp³-hybridized carbons (Fsp3) is 0.648. The number of benzene rings is 2. The molecule has 0 bridgehead atoms. The van der Waals surface area contributed by atoms with Crippen molar-refractivity contribution < 1.29 is 82.5 Å². The van der Waals surface area contributed by atoms with E-state index in [0.29, 0.717) is 191 Å².